The normalized spacial score (nSPS) is 21.8. The van der Waals surface area contributed by atoms with Crippen LogP contribution in [-0.2, 0) is 6.42 Å². The van der Waals surface area contributed by atoms with E-state index in [0.717, 1.165) is 66.8 Å². The number of hydrogen-bond donors (Lipinski definition) is 2. The van der Waals surface area contributed by atoms with Crippen LogP contribution in [0.4, 0.5) is 0 Å². The predicted octanol–water partition coefficient (Wildman–Crippen LogP) is 4.65. The summed E-state index contributed by atoms with van der Waals surface area (Å²) in [5, 5.41) is 14.4. The number of amides is 1. The van der Waals surface area contributed by atoms with Crippen LogP contribution in [0.2, 0.25) is 0 Å². The summed E-state index contributed by atoms with van der Waals surface area (Å²) in [6.45, 7) is 2.84. The van der Waals surface area contributed by atoms with E-state index in [1.165, 1.54) is 6.42 Å². The van der Waals surface area contributed by atoms with E-state index in [1.54, 1.807) is 29.7 Å². The lowest BCUT2D eigenvalue weighted by Gasteiger charge is -2.28. The van der Waals surface area contributed by atoms with E-state index in [2.05, 4.69) is 22.2 Å². The summed E-state index contributed by atoms with van der Waals surface area (Å²) in [6.07, 6.45) is 8.72. The molecule has 35 heavy (non-hydrogen) atoms. The number of pyridine rings is 1. The number of likely N-dealkylation sites (tertiary alicyclic amines) is 1. The van der Waals surface area contributed by atoms with Gasteiger partial charge in [0.05, 0.1) is 21.3 Å². The largest absolute Gasteiger partial charge is 0.457 e. The molecule has 186 valence electrons. The van der Waals surface area contributed by atoms with Crippen LogP contribution in [0, 0.1) is 11.8 Å². The van der Waals surface area contributed by atoms with Crippen LogP contribution < -0.4 is 10.1 Å². The van der Waals surface area contributed by atoms with E-state index in [9.17, 15) is 9.90 Å². The van der Waals surface area contributed by atoms with Crippen LogP contribution in [0.3, 0.4) is 0 Å². The quantitative estimate of drug-likeness (QED) is 0.497. The molecule has 1 amide bonds. The van der Waals surface area contributed by atoms with Gasteiger partial charge in [-0.25, -0.2) is 4.98 Å². The van der Waals surface area contributed by atoms with Gasteiger partial charge in [0, 0.05) is 31.3 Å². The Balaban J connectivity index is 1.21. The number of nitrogens with zero attached hydrogens (tertiary/aromatic N) is 3. The highest BCUT2D eigenvalue weighted by atomic mass is 32.1. The third-order valence-electron chi connectivity index (χ3n) is 7.30. The van der Waals surface area contributed by atoms with Crippen molar-refractivity contribution in [2.75, 3.05) is 26.7 Å². The molecule has 2 atom stereocenters. The second-order valence-electron chi connectivity index (χ2n) is 9.99. The number of ether oxygens (including phenoxy) is 1. The van der Waals surface area contributed by atoms with Crippen LogP contribution in [-0.4, -0.2) is 58.7 Å². The van der Waals surface area contributed by atoms with Crippen molar-refractivity contribution >= 4 is 27.5 Å². The summed E-state index contributed by atoms with van der Waals surface area (Å²) in [5.74, 6) is 1.95. The van der Waals surface area contributed by atoms with Gasteiger partial charge in [0.25, 0.3) is 5.91 Å². The molecule has 1 aromatic carbocycles. The van der Waals surface area contributed by atoms with Gasteiger partial charge in [0.1, 0.15) is 17.2 Å². The molecule has 1 saturated heterocycles. The zero-order chi connectivity index (χ0) is 24.2. The van der Waals surface area contributed by atoms with Crippen LogP contribution in [0.1, 0.15) is 54.0 Å². The molecule has 0 spiro atoms. The third kappa shape index (κ3) is 6.18. The topological polar surface area (TPSA) is 87.6 Å². The fraction of sp³-hybridized carbons (Fsp3) is 0.519. The lowest BCUT2D eigenvalue weighted by atomic mass is 9.84. The minimum absolute atomic E-state index is 0.165. The van der Waals surface area contributed by atoms with Crippen molar-refractivity contribution < 1.29 is 14.6 Å². The maximum Gasteiger partial charge on any atom is 0.270 e. The molecule has 1 aliphatic carbocycles. The number of thiazole rings is 1. The molecular formula is C27H34N4O3S. The predicted molar refractivity (Wildman–Crippen MR) is 138 cm³/mol. The van der Waals surface area contributed by atoms with Crippen molar-refractivity contribution in [1.82, 2.24) is 20.2 Å². The first-order valence-electron chi connectivity index (χ1n) is 12.7. The maximum absolute atomic E-state index is 12.7. The number of hydrogen-bond acceptors (Lipinski definition) is 7. The summed E-state index contributed by atoms with van der Waals surface area (Å²) in [6, 6.07) is 9.32. The Kier molecular flexibility index (Phi) is 7.60. The van der Waals surface area contributed by atoms with Crippen molar-refractivity contribution in [3.8, 4) is 11.5 Å². The van der Waals surface area contributed by atoms with Gasteiger partial charge in [-0.05, 0) is 75.9 Å². The number of aromatic nitrogens is 2. The highest BCUT2D eigenvalue weighted by Gasteiger charge is 2.24. The average molecular weight is 495 g/mol. The van der Waals surface area contributed by atoms with Crippen molar-refractivity contribution in [3.63, 3.8) is 0 Å². The molecule has 3 aromatic rings. The van der Waals surface area contributed by atoms with Crippen molar-refractivity contribution in [2.24, 2.45) is 11.8 Å². The standard InChI is InChI=1S/C27H34N4O3S/c1-31-12-9-18(10-13-31)17-29-27(33)23-15-21(8-11-28-23)34-20-6-7-22-25(16-20)35-26(30-22)14-19-4-2-3-5-24(19)32/h6-8,11,15-16,18-19,24,32H,2-5,9-10,12-14,17H2,1H3,(H,29,33)/t19-,24+/m0/s1. The van der Waals surface area contributed by atoms with Crippen LogP contribution in [0.5, 0.6) is 11.5 Å². The van der Waals surface area contributed by atoms with Crippen molar-refractivity contribution in [1.29, 1.82) is 0 Å². The fourth-order valence-corrected chi connectivity index (χ4v) is 6.17. The summed E-state index contributed by atoms with van der Waals surface area (Å²) < 4.78 is 7.14. The lowest BCUT2D eigenvalue weighted by molar-refractivity contribution is 0.0700. The minimum Gasteiger partial charge on any atom is -0.457 e. The van der Waals surface area contributed by atoms with Crippen molar-refractivity contribution in [2.45, 2.75) is 51.0 Å². The molecule has 3 heterocycles. The zero-order valence-electron chi connectivity index (χ0n) is 20.3. The first-order valence-corrected chi connectivity index (χ1v) is 13.5. The van der Waals surface area contributed by atoms with Crippen LogP contribution >= 0.6 is 11.3 Å². The van der Waals surface area contributed by atoms with Gasteiger partial charge in [-0.3, -0.25) is 9.78 Å². The molecule has 5 rings (SSSR count). The minimum atomic E-state index is -0.211. The van der Waals surface area contributed by atoms with Gasteiger partial charge < -0.3 is 20.1 Å². The highest BCUT2D eigenvalue weighted by molar-refractivity contribution is 7.18. The number of nitrogens with one attached hydrogen (secondary N) is 1. The number of aliphatic hydroxyl groups is 1. The number of fused-ring (bicyclic) bond motifs is 1. The number of aliphatic hydroxyl groups excluding tert-OH is 1. The molecule has 0 bridgehead atoms. The third-order valence-corrected chi connectivity index (χ3v) is 8.34. The summed E-state index contributed by atoms with van der Waals surface area (Å²) in [4.78, 5) is 24.0. The first kappa shape index (κ1) is 24.2. The van der Waals surface area contributed by atoms with E-state index in [1.807, 2.05) is 18.2 Å². The molecular weight excluding hydrogens is 460 g/mol. The van der Waals surface area contributed by atoms with Gasteiger partial charge >= 0.3 is 0 Å². The van der Waals surface area contributed by atoms with E-state index in [0.29, 0.717) is 35.6 Å². The van der Waals surface area contributed by atoms with Gasteiger partial charge in [-0.1, -0.05) is 12.8 Å². The Labute approximate surface area is 210 Å². The van der Waals surface area contributed by atoms with E-state index in [4.69, 9.17) is 9.72 Å². The van der Waals surface area contributed by atoms with Gasteiger partial charge in [-0.15, -0.1) is 11.3 Å². The number of carbonyl (C=O) groups is 1. The van der Waals surface area contributed by atoms with Crippen molar-refractivity contribution in [3.05, 3.63) is 47.2 Å². The number of piperidine rings is 1. The molecule has 8 heteroatoms. The molecule has 1 saturated carbocycles. The molecule has 2 N–H and O–H groups in total. The molecule has 0 unspecified atom stereocenters. The Bertz CT molecular complexity index is 1160. The smallest absolute Gasteiger partial charge is 0.270 e. The monoisotopic (exact) mass is 494 g/mol. The number of benzene rings is 1. The molecule has 0 radical (unpaired) electrons. The van der Waals surface area contributed by atoms with Gasteiger partial charge in [0.15, 0.2) is 0 Å². The zero-order valence-corrected chi connectivity index (χ0v) is 21.1. The highest BCUT2D eigenvalue weighted by Crippen LogP contribution is 2.33. The van der Waals surface area contributed by atoms with Crippen LogP contribution in [0.15, 0.2) is 36.5 Å². The number of carbonyl (C=O) groups excluding carboxylic acids is 1. The summed E-state index contributed by atoms with van der Waals surface area (Å²) >= 11 is 1.66. The van der Waals surface area contributed by atoms with Crippen LogP contribution in [0.25, 0.3) is 10.2 Å². The lowest BCUT2D eigenvalue weighted by Crippen LogP contribution is -2.37. The van der Waals surface area contributed by atoms with E-state index in [-0.39, 0.29) is 12.0 Å². The van der Waals surface area contributed by atoms with E-state index < -0.39 is 0 Å². The SMILES string of the molecule is CN1CCC(CNC(=O)c2cc(Oc3ccc4nc(C[C@@H]5CCCC[C@H]5O)sc4c3)ccn2)CC1. The Hall–Kier alpha value is -2.55. The van der Waals surface area contributed by atoms with Gasteiger partial charge in [-0.2, -0.15) is 0 Å². The second kappa shape index (κ2) is 11.0. The second-order valence-corrected chi connectivity index (χ2v) is 11.1. The van der Waals surface area contributed by atoms with E-state index >= 15 is 0 Å². The Morgan fingerprint density at radius 1 is 1.14 bits per heavy atom. The fourth-order valence-electron chi connectivity index (χ4n) is 5.08. The first-order chi connectivity index (χ1) is 17.0. The molecule has 2 fully saturated rings. The Morgan fingerprint density at radius 3 is 2.77 bits per heavy atom. The summed E-state index contributed by atoms with van der Waals surface area (Å²) in [5.41, 5.74) is 1.31. The summed E-state index contributed by atoms with van der Waals surface area (Å²) in [7, 11) is 2.14. The average Bonchev–Trinajstić information content (AvgIpc) is 3.27. The molecule has 7 nitrogen and oxygen atoms in total. The maximum atomic E-state index is 12.7. The molecule has 1 aliphatic heterocycles. The molecule has 2 aromatic heterocycles. The van der Waals surface area contributed by atoms with Gasteiger partial charge in [0.2, 0.25) is 0 Å². The Morgan fingerprint density at radius 2 is 1.94 bits per heavy atom. The number of rotatable bonds is 7. The molecule has 2 aliphatic rings.